The van der Waals surface area contributed by atoms with Crippen molar-refractivity contribution in [2.45, 2.75) is 50.9 Å². The Morgan fingerprint density at radius 1 is 1.42 bits per heavy atom. The van der Waals surface area contributed by atoms with E-state index in [1.165, 1.54) is 18.6 Å². The molecule has 0 bridgehead atoms. The van der Waals surface area contributed by atoms with Crippen molar-refractivity contribution in [2.24, 2.45) is 5.41 Å². The second-order valence-corrected chi connectivity index (χ2v) is 6.46. The summed E-state index contributed by atoms with van der Waals surface area (Å²) in [5, 5.41) is 4.63. The Morgan fingerprint density at radius 3 is 2.50 bits per heavy atom. The molecule has 1 heterocycles. The second kappa shape index (κ2) is 2.91. The van der Waals surface area contributed by atoms with Gasteiger partial charge in [0, 0.05) is 23.1 Å². The van der Waals surface area contributed by atoms with Crippen LogP contribution in [0.25, 0.3) is 0 Å². The Kier molecular flexibility index (Phi) is 2.16. The molecule has 3 unspecified atom stereocenters. The maximum Gasteiger partial charge on any atom is 0.0171 e. The lowest BCUT2D eigenvalue weighted by atomic mass is 10.1. The lowest BCUT2D eigenvalue weighted by Crippen LogP contribution is -2.33. The third-order valence-corrected chi connectivity index (χ3v) is 4.50. The summed E-state index contributed by atoms with van der Waals surface area (Å²) in [6, 6.07) is 1.62. The molecule has 1 nitrogen and oxygen atoms in total. The van der Waals surface area contributed by atoms with Gasteiger partial charge in [-0.3, -0.25) is 0 Å². The van der Waals surface area contributed by atoms with Crippen LogP contribution in [-0.2, 0) is 0 Å². The quantitative estimate of drug-likeness (QED) is 0.708. The Bertz CT molecular complexity index is 179. The fraction of sp³-hybridized carbons (Fsp3) is 1.00. The first kappa shape index (κ1) is 8.89. The van der Waals surface area contributed by atoms with E-state index in [2.05, 4.69) is 37.8 Å². The van der Waals surface area contributed by atoms with Crippen LogP contribution in [0.3, 0.4) is 0 Å². The third-order valence-electron chi connectivity index (χ3n) is 3.15. The third kappa shape index (κ3) is 1.80. The molecule has 0 radical (unpaired) electrons. The highest BCUT2D eigenvalue weighted by molar-refractivity contribution is 8.00. The van der Waals surface area contributed by atoms with Crippen LogP contribution >= 0.6 is 11.8 Å². The molecule has 1 aliphatic carbocycles. The molecule has 2 aliphatic rings. The van der Waals surface area contributed by atoms with E-state index in [0.29, 0.717) is 5.41 Å². The van der Waals surface area contributed by atoms with Gasteiger partial charge in [0.1, 0.15) is 0 Å². The number of hydrogen-bond acceptors (Lipinski definition) is 2. The van der Waals surface area contributed by atoms with Crippen LogP contribution in [0.5, 0.6) is 0 Å². The van der Waals surface area contributed by atoms with Crippen LogP contribution in [-0.4, -0.2) is 23.1 Å². The molecule has 2 fully saturated rings. The standard InChI is InChI=1S/C10H19NS/c1-7-4-8(6-12-7)11-9-5-10(9,2)3/h7-9,11H,4-6H2,1-3H3. The summed E-state index contributed by atoms with van der Waals surface area (Å²) in [7, 11) is 0. The molecular weight excluding hydrogens is 166 g/mol. The van der Waals surface area contributed by atoms with Crippen molar-refractivity contribution in [3.8, 4) is 0 Å². The molecule has 0 aromatic carbocycles. The van der Waals surface area contributed by atoms with Crippen molar-refractivity contribution in [2.75, 3.05) is 5.75 Å². The molecule has 2 heteroatoms. The summed E-state index contributed by atoms with van der Waals surface area (Å²) in [5.74, 6) is 1.33. The Hall–Kier alpha value is 0.310. The first-order valence-electron chi connectivity index (χ1n) is 4.95. The van der Waals surface area contributed by atoms with E-state index in [1.807, 2.05) is 0 Å². The maximum atomic E-state index is 3.75. The van der Waals surface area contributed by atoms with Crippen molar-refractivity contribution in [3.05, 3.63) is 0 Å². The van der Waals surface area contributed by atoms with Gasteiger partial charge in [-0.2, -0.15) is 11.8 Å². The van der Waals surface area contributed by atoms with Crippen molar-refractivity contribution in [3.63, 3.8) is 0 Å². The Labute approximate surface area is 79.7 Å². The van der Waals surface area contributed by atoms with E-state index < -0.39 is 0 Å². The highest BCUT2D eigenvalue weighted by Gasteiger charge is 2.46. The van der Waals surface area contributed by atoms with Crippen molar-refractivity contribution in [1.82, 2.24) is 5.32 Å². The smallest absolute Gasteiger partial charge is 0.0171 e. The minimum atomic E-state index is 0.594. The molecular formula is C10H19NS. The highest BCUT2D eigenvalue weighted by Crippen LogP contribution is 2.45. The molecule has 0 aromatic heterocycles. The zero-order chi connectivity index (χ0) is 8.77. The predicted octanol–water partition coefficient (Wildman–Crippen LogP) is 2.27. The molecule has 1 saturated heterocycles. The van der Waals surface area contributed by atoms with Crippen LogP contribution in [0.1, 0.15) is 33.6 Å². The normalized spacial score (nSPS) is 44.8. The first-order valence-corrected chi connectivity index (χ1v) is 6.00. The molecule has 1 saturated carbocycles. The number of rotatable bonds is 2. The van der Waals surface area contributed by atoms with E-state index in [4.69, 9.17) is 0 Å². The van der Waals surface area contributed by atoms with Crippen LogP contribution in [0.15, 0.2) is 0 Å². The Morgan fingerprint density at radius 2 is 2.08 bits per heavy atom. The summed E-state index contributed by atoms with van der Waals surface area (Å²) in [4.78, 5) is 0. The minimum absolute atomic E-state index is 0.594. The zero-order valence-corrected chi connectivity index (χ0v) is 9.08. The zero-order valence-electron chi connectivity index (χ0n) is 8.26. The van der Waals surface area contributed by atoms with Gasteiger partial charge in [0.25, 0.3) is 0 Å². The van der Waals surface area contributed by atoms with E-state index in [9.17, 15) is 0 Å². The van der Waals surface area contributed by atoms with Gasteiger partial charge in [-0.15, -0.1) is 0 Å². The molecule has 0 amide bonds. The fourth-order valence-electron chi connectivity index (χ4n) is 1.97. The lowest BCUT2D eigenvalue weighted by molar-refractivity contribution is 0.476. The predicted molar refractivity (Wildman–Crippen MR) is 55.6 cm³/mol. The van der Waals surface area contributed by atoms with E-state index in [0.717, 1.165) is 17.3 Å². The minimum Gasteiger partial charge on any atom is -0.310 e. The summed E-state index contributed by atoms with van der Waals surface area (Å²) < 4.78 is 0. The molecule has 1 aliphatic heterocycles. The monoisotopic (exact) mass is 185 g/mol. The molecule has 2 rings (SSSR count). The van der Waals surface area contributed by atoms with Crippen molar-refractivity contribution in [1.29, 1.82) is 0 Å². The first-order chi connectivity index (χ1) is 5.58. The average molecular weight is 185 g/mol. The number of thioether (sulfide) groups is 1. The maximum absolute atomic E-state index is 3.75. The molecule has 3 atom stereocenters. The number of nitrogens with one attached hydrogen (secondary N) is 1. The topological polar surface area (TPSA) is 12.0 Å². The van der Waals surface area contributed by atoms with Gasteiger partial charge in [0.2, 0.25) is 0 Å². The largest absolute Gasteiger partial charge is 0.310 e. The number of hydrogen-bond donors (Lipinski definition) is 1. The molecule has 70 valence electrons. The van der Waals surface area contributed by atoms with Gasteiger partial charge in [-0.25, -0.2) is 0 Å². The van der Waals surface area contributed by atoms with Gasteiger partial charge in [-0.05, 0) is 18.3 Å². The van der Waals surface area contributed by atoms with Crippen molar-refractivity contribution < 1.29 is 0 Å². The summed E-state index contributed by atoms with van der Waals surface area (Å²) >= 11 is 2.11. The molecule has 0 aromatic rings. The van der Waals surface area contributed by atoms with Crippen LogP contribution in [0.4, 0.5) is 0 Å². The van der Waals surface area contributed by atoms with Crippen LogP contribution in [0.2, 0.25) is 0 Å². The molecule has 1 N–H and O–H groups in total. The Balaban J connectivity index is 1.75. The summed E-state index contributed by atoms with van der Waals surface area (Å²) in [6.45, 7) is 7.05. The van der Waals surface area contributed by atoms with Crippen molar-refractivity contribution >= 4 is 11.8 Å². The van der Waals surface area contributed by atoms with E-state index in [-0.39, 0.29) is 0 Å². The average Bonchev–Trinajstić information content (AvgIpc) is 2.41. The van der Waals surface area contributed by atoms with Gasteiger partial charge in [0.15, 0.2) is 0 Å². The van der Waals surface area contributed by atoms with Crippen LogP contribution in [0, 0.1) is 5.41 Å². The van der Waals surface area contributed by atoms with Crippen LogP contribution < -0.4 is 5.32 Å². The fourth-order valence-corrected chi connectivity index (χ4v) is 3.13. The molecule has 0 spiro atoms. The highest BCUT2D eigenvalue weighted by atomic mass is 32.2. The van der Waals surface area contributed by atoms with Gasteiger partial charge >= 0.3 is 0 Å². The van der Waals surface area contributed by atoms with E-state index in [1.54, 1.807) is 0 Å². The molecule has 12 heavy (non-hydrogen) atoms. The summed E-state index contributed by atoms with van der Waals surface area (Å²) in [6.07, 6.45) is 2.75. The van der Waals surface area contributed by atoms with Gasteiger partial charge in [-0.1, -0.05) is 20.8 Å². The van der Waals surface area contributed by atoms with Gasteiger partial charge in [0.05, 0.1) is 0 Å². The second-order valence-electron chi connectivity index (χ2n) is 4.99. The lowest BCUT2D eigenvalue weighted by Gasteiger charge is -2.12. The van der Waals surface area contributed by atoms with E-state index >= 15 is 0 Å². The van der Waals surface area contributed by atoms with Gasteiger partial charge < -0.3 is 5.32 Å². The summed E-state index contributed by atoms with van der Waals surface area (Å²) in [5.41, 5.74) is 0.594. The SMILES string of the molecule is CC1CC(NC2CC2(C)C)CS1.